The summed E-state index contributed by atoms with van der Waals surface area (Å²) in [5.41, 5.74) is 0. The Morgan fingerprint density at radius 3 is 2.32 bits per heavy atom. The fourth-order valence-electron chi connectivity index (χ4n) is 1.90. The summed E-state index contributed by atoms with van der Waals surface area (Å²) < 4.78 is 5.12. The molecule has 3 nitrogen and oxygen atoms in total. The number of para-hydroxylation sites is 1. The highest BCUT2D eigenvalue weighted by Crippen LogP contribution is 2.08. The minimum absolute atomic E-state index is 0.364. The zero-order chi connectivity index (χ0) is 13.8. The summed E-state index contributed by atoms with van der Waals surface area (Å²) in [6, 6.07) is 9.13. The van der Waals surface area contributed by atoms with E-state index >= 15 is 0 Å². The molecule has 1 amide bonds. The zero-order valence-electron chi connectivity index (χ0n) is 11.9. The van der Waals surface area contributed by atoms with Gasteiger partial charge in [0.25, 0.3) is 0 Å². The molecule has 0 saturated heterocycles. The molecule has 0 unspecified atom stereocenters. The van der Waals surface area contributed by atoms with Gasteiger partial charge in [0.15, 0.2) is 0 Å². The normalized spacial score (nSPS) is 10.2. The maximum atomic E-state index is 11.5. The first-order valence-corrected chi connectivity index (χ1v) is 7.33. The molecule has 0 spiro atoms. The van der Waals surface area contributed by atoms with Gasteiger partial charge in [-0.3, -0.25) is 0 Å². The fraction of sp³-hybridized carbons (Fsp3) is 0.562. The van der Waals surface area contributed by atoms with Crippen molar-refractivity contribution in [2.75, 3.05) is 6.54 Å². The Kier molecular flexibility index (Phi) is 8.52. The van der Waals surface area contributed by atoms with E-state index in [1.54, 1.807) is 12.1 Å². The van der Waals surface area contributed by atoms with Crippen LogP contribution >= 0.6 is 0 Å². The molecule has 19 heavy (non-hydrogen) atoms. The topological polar surface area (TPSA) is 38.3 Å². The average Bonchev–Trinajstić information content (AvgIpc) is 2.43. The van der Waals surface area contributed by atoms with Crippen LogP contribution in [0.5, 0.6) is 5.75 Å². The molecule has 0 fully saturated rings. The first kappa shape index (κ1) is 15.5. The molecular weight excluding hydrogens is 238 g/mol. The van der Waals surface area contributed by atoms with Gasteiger partial charge in [0.2, 0.25) is 0 Å². The summed E-state index contributed by atoms with van der Waals surface area (Å²) in [6.45, 7) is 2.92. The summed E-state index contributed by atoms with van der Waals surface area (Å²) in [7, 11) is 0. The minimum Gasteiger partial charge on any atom is -0.410 e. The van der Waals surface area contributed by atoms with E-state index in [2.05, 4.69) is 12.2 Å². The SMILES string of the molecule is CCCCCCCCCNC(=O)Oc1ccccc1. The van der Waals surface area contributed by atoms with Crippen LogP contribution < -0.4 is 10.1 Å². The second-order valence-corrected chi connectivity index (χ2v) is 4.75. The van der Waals surface area contributed by atoms with Gasteiger partial charge in [0.1, 0.15) is 5.75 Å². The molecule has 3 heteroatoms. The fourth-order valence-corrected chi connectivity index (χ4v) is 1.90. The van der Waals surface area contributed by atoms with Crippen molar-refractivity contribution in [3.05, 3.63) is 30.3 Å². The van der Waals surface area contributed by atoms with Gasteiger partial charge in [0, 0.05) is 6.54 Å². The van der Waals surface area contributed by atoms with Crippen LogP contribution in [-0.2, 0) is 0 Å². The number of unbranched alkanes of at least 4 members (excludes halogenated alkanes) is 6. The van der Waals surface area contributed by atoms with Crippen molar-refractivity contribution in [3.63, 3.8) is 0 Å². The lowest BCUT2D eigenvalue weighted by Gasteiger charge is -2.06. The Labute approximate surface area is 116 Å². The van der Waals surface area contributed by atoms with Crippen LogP contribution in [0.25, 0.3) is 0 Å². The molecule has 0 heterocycles. The molecule has 0 radical (unpaired) electrons. The molecule has 0 atom stereocenters. The smallest absolute Gasteiger partial charge is 0.410 e. The molecule has 0 aliphatic rings. The minimum atomic E-state index is -0.364. The third kappa shape index (κ3) is 8.25. The number of hydrogen-bond donors (Lipinski definition) is 1. The van der Waals surface area contributed by atoms with Gasteiger partial charge in [-0.05, 0) is 18.6 Å². The summed E-state index contributed by atoms with van der Waals surface area (Å²) in [5.74, 6) is 0.583. The zero-order valence-corrected chi connectivity index (χ0v) is 11.9. The van der Waals surface area contributed by atoms with Crippen molar-refractivity contribution in [1.82, 2.24) is 5.32 Å². The van der Waals surface area contributed by atoms with Gasteiger partial charge in [-0.2, -0.15) is 0 Å². The van der Waals surface area contributed by atoms with Crippen LogP contribution in [-0.4, -0.2) is 12.6 Å². The number of amides is 1. The summed E-state index contributed by atoms with van der Waals surface area (Å²) >= 11 is 0. The largest absolute Gasteiger partial charge is 0.412 e. The van der Waals surface area contributed by atoms with Crippen LogP contribution in [0.3, 0.4) is 0 Å². The number of carbonyl (C=O) groups is 1. The predicted octanol–water partition coefficient (Wildman–Crippen LogP) is 4.53. The van der Waals surface area contributed by atoms with Crippen molar-refractivity contribution in [2.24, 2.45) is 0 Å². The van der Waals surface area contributed by atoms with Crippen LogP contribution in [0, 0.1) is 0 Å². The summed E-state index contributed by atoms with van der Waals surface area (Å²) in [5, 5.41) is 2.77. The van der Waals surface area contributed by atoms with Crippen LogP contribution in [0.1, 0.15) is 51.9 Å². The van der Waals surface area contributed by atoms with Crippen molar-refractivity contribution >= 4 is 6.09 Å². The quantitative estimate of drug-likeness (QED) is 0.665. The van der Waals surface area contributed by atoms with E-state index < -0.39 is 0 Å². The van der Waals surface area contributed by atoms with Crippen LogP contribution in [0.15, 0.2) is 30.3 Å². The molecule has 0 aliphatic heterocycles. The first-order valence-electron chi connectivity index (χ1n) is 7.33. The maximum absolute atomic E-state index is 11.5. The Balaban J connectivity index is 1.96. The van der Waals surface area contributed by atoms with E-state index in [9.17, 15) is 4.79 Å². The standard InChI is InChI=1S/C16H25NO2/c1-2-3-4-5-6-7-11-14-17-16(18)19-15-12-9-8-10-13-15/h8-10,12-13H,2-7,11,14H2,1H3,(H,17,18). The molecule has 1 N–H and O–H groups in total. The van der Waals surface area contributed by atoms with Crippen LogP contribution in [0.2, 0.25) is 0 Å². The van der Waals surface area contributed by atoms with Crippen molar-refractivity contribution in [2.45, 2.75) is 51.9 Å². The third-order valence-corrected chi connectivity index (χ3v) is 3.00. The van der Waals surface area contributed by atoms with Gasteiger partial charge in [0.05, 0.1) is 0 Å². The molecule has 1 rings (SSSR count). The Hall–Kier alpha value is -1.51. The van der Waals surface area contributed by atoms with Crippen LogP contribution in [0.4, 0.5) is 4.79 Å². The summed E-state index contributed by atoms with van der Waals surface area (Å²) in [4.78, 5) is 11.5. The Morgan fingerprint density at radius 1 is 1.00 bits per heavy atom. The van der Waals surface area contributed by atoms with Gasteiger partial charge < -0.3 is 10.1 Å². The van der Waals surface area contributed by atoms with E-state index in [4.69, 9.17) is 4.74 Å². The first-order chi connectivity index (χ1) is 9.33. The Bertz CT molecular complexity index is 338. The van der Waals surface area contributed by atoms with Gasteiger partial charge in [-0.15, -0.1) is 0 Å². The number of rotatable bonds is 9. The molecule has 0 aromatic heterocycles. The Morgan fingerprint density at radius 2 is 1.63 bits per heavy atom. The molecule has 0 saturated carbocycles. The van der Waals surface area contributed by atoms with Crippen molar-refractivity contribution in [1.29, 1.82) is 0 Å². The summed E-state index contributed by atoms with van der Waals surface area (Å²) in [6.07, 6.45) is 8.36. The highest BCUT2D eigenvalue weighted by atomic mass is 16.5. The molecule has 0 aliphatic carbocycles. The van der Waals surface area contributed by atoms with Gasteiger partial charge in [-0.1, -0.05) is 63.6 Å². The van der Waals surface area contributed by atoms with E-state index in [1.165, 1.54) is 38.5 Å². The molecular formula is C16H25NO2. The third-order valence-electron chi connectivity index (χ3n) is 3.00. The monoisotopic (exact) mass is 263 g/mol. The lowest BCUT2D eigenvalue weighted by molar-refractivity contribution is 0.200. The molecule has 1 aromatic carbocycles. The van der Waals surface area contributed by atoms with Crippen molar-refractivity contribution < 1.29 is 9.53 Å². The predicted molar refractivity (Wildman–Crippen MR) is 78.5 cm³/mol. The molecule has 1 aromatic rings. The van der Waals surface area contributed by atoms with E-state index in [-0.39, 0.29) is 6.09 Å². The van der Waals surface area contributed by atoms with Crippen molar-refractivity contribution in [3.8, 4) is 5.75 Å². The lowest BCUT2D eigenvalue weighted by atomic mass is 10.1. The number of nitrogens with one attached hydrogen (secondary N) is 1. The number of benzene rings is 1. The van der Waals surface area contributed by atoms with E-state index in [1.807, 2.05) is 18.2 Å². The average molecular weight is 263 g/mol. The number of carbonyl (C=O) groups excluding carboxylic acids is 1. The van der Waals surface area contributed by atoms with E-state index in [0.717, 1.165) is 6.42 Å². The lowest BCUT2D eigenvalue weighted by Crippen LogP contribution is -2.27. The molecule has 106 valence electrons. The van der Waals surface area contributed by atoms with E-state index in [0.29, 0.717) is 12.3 Å². The second kappa shape index (κ2) is 10.4. The van der Waals surface area contributed by atoms with Gasteiger partial charge in [-0.25, -0.2) is 4.79 Å². The van der Waals surface area contributed by atoms with Gasteiger partial charge >= 0.3 is 6.09 Å². The highest BCUT2D eigenvalue weighted by Gasteiger charge is 2.02. The maximum Gasteiger partial charge on any atom is 0.412 e. The number of hydrogen-bond acceptors (Lipinski definition) is 2. The molecule has 0 bridgehead atoms. The number of ether oxygens (including phenoxy) is 1. The second-order valence-electron chi connectivity index (χ2n) is 4.75. The highest BCUT2D eigenvalue weighted by molar-refractivity contribution is 5.70.